The van der Waals surface area contributed by atoms with Crippen LogP contribution in [0.15, 0.2) is 60.8 Å². The summed E-state index contributed by atoms with van der Waals surface area (Å²) in [6.45, 7) is 2.17. The molecule has 1 N–H and O–H groups in total. The number of carboxylic acids is 1. The number of rotatable bonds is 7. The lowest BCUT2D eigenvalue weighted by Crippen LogP contribution is -1.97. The van der Waals surface area contributed by atoms with Crippen molar-refractivity contribution in [2.45, 2.75) is 26.2 Å². The van der Waals surface area contributed by atoms with Gasteiger partial charge < -0.3 is 9.84 Å². The number of unbranched alkanes of at least 4 members (excludes halogenated alkanes) is 1. The fourth-order valence-corrected chi connectivity index (χ4v) is 3.02. The van der Waals surface area contributed by atoms with Crippen molar-refractivity contribution in [2.24, 2.45) is 0 Å². The molecule has 138 valence electrons. The van der Waals surface area contributed by atoms with E-state index in [0.29, 0.717) is 0 Å². The van der Waals surface area contributed by atoms with Crippen molar-refractivity contribution in [1.29, 1.82) is 0 Å². The van der Waals surface area contributed by atoms with E-state index >= 15 is 0 Å². The average molecular weight is 361 g/mol. The van der Waals surface area contributed by atoms with Crippen LogP contribution in [0.3, 0.4) is 0 Å². The van der Waals surface area contributed by atoms with Crippen LogP contribution in [0, 0.1) is 0 Å². The number of carbonyl (C=O) groups is 1. The van der Waals surface area contributed by atoms with Gasteiger partial charge in [-0.15, -0.1) is 0 Å². The quantitative estimate of drug-likeness (QED) is 0.606. The van der Waals surface area contributed by atoms with Crippen molar-refractivity contribution >= 4 is 5.97 Å². The number of pyridine rings is 1. The first-order valence-corrected chi connectivity index (χ1v) is 9.09. The lowest BCUT2D eigenvalue weighted by atomic mass is 9.96. The molecule has 1 aromatic heterocycles. The van der Waals surface area contributed by atoms with Gasteiger partial charge in [0, 0.05) is 17.3 Å². The van der Waals surface area contributed by atoms with Crippen molar-refractivity contribution in [3.63, 3.8) is 0 Å². The third-order valence-electron chi connectivity index (χ3n) is 4.57. The SMILES string of the molecule is CCCCc1cnc(-c2ccc(OC)cc2)c(-c2ccc(C(=O)O)cc2)c1. The van der Waals surface area contributed by atoms with Gasteiger partial charge in [-0.1, -0.05) is 25.5 Å². The minimum Gasteiger partial charge on any atom is -0.497 e. The molecule has 0 fully saturated rings. The molecule has 0 amide bonds. The topological polar surface area (TPSA) is 59.4 Å². The van der Waals surface area contributed by atoms with E-state index in [1.165, 1.54) is 5.56 Å². The molecule has 27 heavy (non-hydrogen) atoms. The smallest absolute Gasteiger partial charge is 0.335 e. The standard InChI is InChI=1S/C23H23NO3/c1-3-4-5-16-14-21(17-6-8-19(9-7-17)23(25)26)22(24-15-16)18-10-12-20(27-2)13-11-18/h6-15H,3-5H2,1-2H3,(H,25,26). The number of carboxylic acid groups (broad SMARTS) is 1. The van der Waals surface area contributed by atoms with Crippen LogP contribution < -0.4 is 4.74 Å². The van der Waals surface area contributed by atoms with Gasteiger partial charge in [-0.05, 0) is 66.4 Å². The molecule has 0 radical (unpaired) electrons. The molecule has 3 rings (SSSR count). The number of aromatic carboxylic acids is 1. The van der Waals surface area contributed by atoms with E-state index in [9.17, 15) is 4.79 Å². The predicted molar refractivity (Wildman–Crippen MR) is 107 cm³/mol. The van der Waals surface area contributed by atoms with E-state index in [4.69, 9.17) is 14.8 Å². The largest absolute Gasteiger partial charge is 0.497 e. The van der Waals surface area contributed by atoms with Gasteiger partial charge in [0.2, 0.25) is 0 Å². The van der Waals surface area contributed by atoms with E-state index < -0.39 is 5.97 Å². The van der Waals surface area contributed by atoms with Crippen molar-refractivity contribution in [3.05, 3.63) is 71.9 Å². The fraction of sp³-hybridized carbons (Fsp3) is 0.217. The molecule has 4 nitrogen and oxygen atoms in total. The van der Waals surface area contributed by atoms with Crippen molar-refractivity contribution in [2.75, 3.05) is 7.11 Å². The summed E-state index contributed by atoms with van der Waals surface area (Å²) in [7, 11) is 1.64. The third kappa shape index (κ3) is 4.34. The number of aromatic nitrogens is 1. The lowest BCUT2D eigenvalue weighted by Gasteiger charge is -2.12. The van der Waals surface area contributed by atoms with Crippen molar-refractivity contribution < 1.29 is 14.6 Å². The molecule has 4 heteroatoms. The second-order valence-electron chi connectivity index (χ2n) is 6.45. The summed E-state index contributed by atoms with van der Waals surface area (Å²) in [5.41, 5.74) is 5.30. The molecule has 3 aromatic rings. The van der Waals surface area contributed by atoms with E-state index in [1.807, 2.05) is 42.6 Å². The fourth-order valence-electron chi connectivity index (χ4n) is 3.02. The number of ether oxygens (including phenoxy) is 1. The van der Waals surface area contributed by atoms with Crippen LogP contribution in [0.2, 0.25) is 0 Å². The summed E-state index contributed by atoms with van der Waals surface area (Å²) in [4.78, 5) is 15.9. The van der Waals surface area contributed by atoms with E-state index in [0.717, 1.165) is 47.4 Å². The highest BCUT2D eigenvalue weighted by atomic mass is 16.5. The molecule has 0 unspecified atom stereocenters. The van der Waals surface area contributed by atoms with Crippen molar-refractivity contribution in [1.82, 2.24) is 4.98 Å². The number of hydrogen-bond donors (Lipinski definition) is 1. The summed E-state index contributed by atoms with van der Waals surface area (Å²) in [6.07, 6.45) is 5.15. The maximum atomic E-state index is 11.1. The van der Waals surface area contributed by atoms with Gasteiger partial charge in [0.25, 0.3) is 0 Å². The summed E-state index contributed by atoms with van der Waals surface area (Å²) < 4.78 is 5.24. The van der Waals surface area contributed by atoms with Crippen LogP contribution in [0.25, 0.3) is 22.4 Å². The van der Waals surface area contributed by atoms with E-state index in [2.05, 4.69) is 13.0 Å². The van der Waals surface area contributed by atoms with Crippen LogP contribution in [-0.4, -0.2) is 23.2 Å². The van der Waals surface area contributed by atoms with Crippen LogP contribution in [0.4, 0.5) is 0 Å². The normalized spacial score (nSPS) is 10.6. The Bertz CT molecular complexity index is 915. The average Bonchev–Trinajstić information content (AvgIpc) is 2.72. The first-order chi connectivity index (χ1) is 13.1. The molecule has 0 bridgehead atoms. The number of aryl methyl sites for hydroxylation is 1. The molecular weight excluding hydrogens is 338 g/mol. The lowest BCUT2D eigenvalue weighted by molar-refractivity contribution is 0.0697. The van der Waals surface area contributed by atoms with Gasteiger partial charge in [0.15, 0.2) is 0 Å². The van der Waals surface area contributed by atoms with Gasteiger partial charge in [-0.25, -0.2) is 4.79 Å². The number of nitrogens with zero attached hydrogens (tertiary/aromatic N) is 1. The zero-order valence-corrected chi connectivity index (χ0v) is 15.6. The third-order valence-corrected chi connectivity index (χ3v) is 4.57. The maximum absolute atomic E-state index is 11.1. The molecule has 0 spiro atoms. The van der Waals surface area contributed by atoms with Crippen LogP contribution in [-0.2, 0) is 6.42 Å². The second-order valence-corrected chi connectivity index (χ2v) is 6.45. The first kappa shape index (κ1) is 18.6. The molecule has 0 aliphatic carbocycles. The summed E-state index contributed by atoms with van der Waals surface area (Å²) in [6, 6.07) is 16.9. The van der Waals surface area contributed by atoms with Gasteiger partial charge in [-0.2, -0.15) is 0 Å². The summed E-state index contributed by atoms with van der Waals surface area (Å²) in [5.74, 6) is -0.127. The van der Waals surface area contributed by atoms with Gasteiger partial charge in [0.05, 0.1) is 18.4 Å². The number of benzene rings is 2. The summed E-state index contributed by atoms with van der Waals surface area (Å²) >= 11 is 0. The first-order valence-electron chi connectivity index (χ1n) is 9.09. The Morgan fingerprint density at radius 1 is 1.04 bits per heavy atom. The molecule has 0 saturated heterocycles. The Kier molecular flexibility index (Phi) is 5.87. The minimum absolute atomic E-state index is 0.278. The molecule has 1 heterocycles. The van der Waals surface area contributed by atoms with Crippen LogP contribution in [0.1, 0.15) is 35.7 Å². The van der Waals surface area contributed by atoms with E-state index in [1.54, 1.807) is 19.2 Å². The Morgan fingerprint density at radius 3 is 2.30 bits per heavy atom. The zero-order valence-electron chi connectivity index (χ0n) is 15.6. The van der Waals surface area contributed by atoms with Crippen LogP contribution in [0.5, 0.6) is 5.75 Å². The highest BCUT2D eigenvalue weighted by Crippen LogP contribution is 2.32. The molecule has 0 saturated carbocycles. The Morgan fingerprint density at radius 2 is 1.70 bits per heavy atom. The van der Waals surface area contributed by atoms with Gasteiger partial charge >= 0.3 is 5.97 Å². The molecule has 0 aliphatic rings. The highest BCUT2D eigenvalue weighted by molar-refractivity contribution is 5.89. The van der Waals surface area contributed by atoms with Gasteiger partial charge in [0.1, 0.15) is 5.75 Å². The highest BCUT2D eigenvalue weighted by Gasteiger charge is 2.12. The summed E-state index contributed by atoms with van der Waals surface area (Å²) in [5, 5.41) is 9.15. The Labute approximate surface area is 159 Å². The van der Waals surface area contributed by atoms with Crippen LogP contribution >= 0.6 is 0 Å². The monoisotopic (exact) mass is 361 g/mol. The molecule has 2 aromatic carbocycles. The Balaban J connectivity index is 2.07. The molecule has 0 atom stereocenters. The number of methoxy groups -OCH3 is 1. The second kappa shape index (κ2) is 8.49. The molecular formula is C23H23NO3. The van der Waals surface area contributed by atoms with E-state index in [-0.39, 0.29) is 5.56 Å². The number of hydrogen-bond acceptors (Lipinski definition) is 3. The molecule has 0 aliphatic heterocycles. The predicted octanol–water partition coefficient (Wildman–Crippen LogP) is 5.47. The van der Waals surface area contributed by atoms with Gasteiger partial charge in [-0.3, -0.25) is 4.98 Å². The maximum Gasteiger partial charge on any atom is 0.335 e. The minimum atomic E-state index is -0.924. The van der Waals surface area contributed by atoms with Crippen molar-refractivity contribution in [3.8, 4) is 28.1 Å². The Hall–Kier alpha value is -3.14. The zero-order chi connectivity index (χ0) is 19.2.